The summed E-state index contributed by atoms with van der Waals surface area (Å²) in [5.41, 5.74) is 1.98. The molecule has 0 spiro atoms. The lowest BCUT2D eigenvalue weighted by Gasteiger charge is -2.35. The van der Waals surface area contributed by atoms with E-state index in [1.54, 1.807) is 0 Å². The molecule has 1 atom stereocenters. The maximum absolute atomic E-state index is 12.6. The number of amides is 2. The lowest BCUT2D eigenvalue weighted by Crippen LogP contribution is -2.51. The molecule has 0 aliphatic carbocycles. The van der Waals surface area contributed by atoms with E-state index in [4.69, 9.17) is 0 Å². The van der Waals surface area contributed by atoms with Gasteiger partial charge in [-0.3, -0.25) is 9.59 Å². The van der Waals surface area contributed by atoms with Crippen molar-refractivity contribution in [2.45, 2.75) is 38.6 Å². The summed E-state index contributed by atoms with van der Waals surface area (Å²) in [5, 5.41) is 3.37. The molecule has 2 heterocycles. The van der Waals surface area contributed by atoms with Crippen LogP contribution >= 0.6 is 0 Å². The monoisotopic (exact) mass is 329 g/mol. The number of nitrogens with zero attached hydrogens (tertiary/aromatic N) is 2. The first kappa shape index (κ1) is 17.0. The minimum atomic E-state index is 0.0715. The number of carbonyl (C=O) groups excluding carboxylic acids is 2. The molecule has 2 amide bonds. The molecule has 2 aliphatic heterocycles. The molecule has 0 aromatic heterocycles. The van der Waals surface area contributed by atoms with Gasteiger partial charge in [-0.25, -0.2) is 0 Å². The Morgan fingerprint density at radius 2 is 1.75 bits per heavy atom. The topological polar surface area (TPSA) is 52.7 Å². The van der Waals surface area contributed by atoms with Gasteiger partial charge < -0.3 is 15.1 Å². The summed E-state index contributed by atoms with van der Waals surface area (Å²) >= 11 is 0. The largest absolute Gasteiger partial charge is 0.339 e. The Balaban J connectivity index is 1.50. The molecule has 130 valence electrons. The standard InChI is InChI=1S/C19H27N3O2/c1-2-15-5-7-16(8-6-15)19(24)22-12-10-21(11-13-22)18(23)14-17-4-3-9-20-17/h5-8,17,20H,2-4,9-14H2,1H3. The summed E-state index contributed by atoms with van der Waals surface area (Å²) in [6.45, 7) is 5.66. The highest BCUT2D eigenvalue weighted by atomic mass is 16.2. The lowest BCUT2D eigenvalue weighted by molar-refractivity contribution is -0.133. The van der Waals surface area contributed by atoms with Gasteiger partial charge in [0.2, 0.25) is 5.91 Å². The third-order valence-electron chi connectivity index (χ3n) is 5.11. The first-order valence-corrected chi connectivity index (χ1v) is 9.06. The maximum Gasteiger partial charge on any atom is 0.253 e. The molecular weight excluding hydrogens is 302 g/mol. The quantitative estimate of drug-likeness (QED) is 0.914. The predicted molar refractivity (Wildman–Crippen MR) is 93.9 cm³/mol. The predicted octanol–water partition coefficient (Wildman–Crippen LogP) is 1.68. The van der Waals surface area contributed by atoms with Crippen molar-refractivity contribution in [3.05, 3.63) is 35.4 Å². The molecule has 1 N–H and O–H groups in total. The molecule has 0 bridgehead atoms. The fourth-order valence-electron chi connectivity index (χ4n) is 3.50. The molecule has 5 heteroatoms. The zero-order valence-corrected chi connectivity index (χ0v) is 14.5. The zero-order chi connectivity index (χ0) is 16.9. The third-order valence-corrected chi connectivity index (χ3v) is 5.11. The van der Waals surface area contributed by atoms with E-state index >= 15 is 0 Å². The Bertz CT molecular complexity index is 571. The molecule has 1 unspecified atom stereocenters. The zero-order valence-electron chi connectivity index (χ0n) is 14.5. The smallest absolute Gasteiger partial charge is 0.253 e. The highest BCUT2D eigenvalue weighted by Gasteiger charge is 2.27. The average molecular weight is 329 g/mol. The second kappa shape index (κ2) is 7.79. The van der Waals surface area contributed by atoms with Crippen LogP contribution in [0.4, 0.5) is 0 Å². The molecule has 5 nitrogen and oxygen atoms in total. The highest BCUT2D eigenvalue weighted by molar-refractivity contribution is 5.94. The van der Waals surface area contributed by atoms with Gasteiger partial charge in [-0.1, -0.05) is 19.1 Å². The van der Waals surface area contributed by atoms with Gasteiger partial charge in [0.1, 0.15) is 0 Å². The summed E-state index contributed by atoms with van der Waals surface area (Å²) in [7, 11) is 0. The van der Waals surface area contributed by atoms with Crippen molar-refractivity contribution in [2.75, 3.05) is 32.7 Å². The van der Waals surface area contributed by atoms with Crippen LogP contribution in [0.3, 0.4) is 0 Å². The average Bonchev–Trinajstić information content (AvgIpc) is 3.14. The minimum Gasteiger partial charge on any atom is -0.339 e. The summed E-state index contributed by atoms with van der Waals surface area (Å²) in [5.74, 6) is 0.288. The number of nitrogens with one attached hydrogen (secondary N) is 1. The van der Waals surface area contributed by atoms with Crippen molar-refractivity contribution in [3.63, 3.8) is 0 Å². The molecule has 1 aromatic carbocycles. The van der Waals surface area contributed by atoms with Gasteiger partial charge in [0.15, 0.2) is 0 Å². The van der Waals surface area contributed by atoms with Crippen LogP contribution in [-0.4, -0.2) is 60.4 Å². The molecule has 2 saturated heterocycles. The minimum absolute atomic E-state index is 0.0715. The van der Waals surface area contributed by atoms with Crippen LogP contribution in [0.15, 0.2) is 24.3 Å². The third kappa shape index (κ3) is 3.96. The first-order valence-electron chi connectivity index (χ1n) is 9.06. The summed E-state index contributed by atoms with van der Waals surface area (Å²) in [4.78, 5) is 28.7. The van der Waals surface area contributed by atoms with Crippen LogP contribution in [0.2, 0.25) is 0 Å². The number of piperazine rings is 1. The summed E-state index contributed by atoms with van der Waals surface area (Å²) in [6.07, 6.45) is 3.83. The van der Waals surface area contributed by atoms with Crippen molar-refractivity contribution < 1.29 is 9.59 Å². The van der Waals surface area contributed by atoms with Gasteiger partial charge in [-0.15, -0.1) is 0 Å². The first-order chi connectivity index (χ1) is 11.7. The molecule has 2 fully saturated rings. The van der Waals surface area contributed by atoms with Gasteiger partial charge >= 0.3 is 0 Å². The summed E-state index contributed by atoms with van der Waals surface area (Å²) < 4.78 is 0. The second-order valence-electron chi connectivity index (χ2n) is 6.72. The highest BCUT2D eigenvalue weighted by Crippen LogP contribution is 2.14. The number of benzene rings is 1. The van der Waals surface area contributed by atoms with E-state index in [0.717, 1.165) is 31.4 Å². The van der Waals surface area contributed by atoms with Crippen LogP contribution in [0.1, 0.15) is 42.1 Å². The fourth-order valence-corrected chi connectivity index (χ4v) is 3.50. The second-order valence-corrected chi connectivity index (χ2v) is 6.72. The molecule has 2 aliphatic rings. The maximum atomic E-state index is 12.6. The van der Waals surface area contributed by atoms with E-state index in [9.17, 15) is 9.59 Å². The van der Waals surface area contributed by atoms with Gasteiger partial charge in [0.25, 0.3) is 5.91 Å². The SMILES string of the molecule is CCc1ccc(C(=O)N2CCN(C(=O)CC3CCCN3)CC2)cc1. The van der Waals surface area contributed by atoms with Crippen LogP contribution in [0.25, 0.3) is 0 Å². The van der Waals surface area contributed by atoms with E-state index < -0.39 is 0 Å². The molecular formula is C19H27N3O2. The number of hydrogen-bond acceptors (Lipinski definition) is 3. The van der Waals surface area contributed by atoms with E-state index in [1.165, 1.54) is 5.56 Å². The lowest BCUT2D eigenvalue weighted by atomic mass is 10.1. The van der Waals surface area contributed by atoms with E-state index in [1.807, 2.05) is 34.1 Å². The molecule has 0 saturated carbocycles. The molecule has 0 radical (unpaired) electrons. The van der Waals surface area contributed by atoms with Crippen LogP contribution in [0, 0.1) is 0 Å². The van der Waals surface area contributed by atoms with E-state index in [-0.39, 0.29) is 11.8 Å². The van der Waals surface area contributed by atoms with E-state index in [2.05, 4.69) is 12.2 Å². The van der Waals surface area contributed by atoms with Gasteiger partial charge in [0, 0.05) is 44.2 Å². The van der Waals surface area contributed by atoms with E-state index in [0.29, 0.717) is 38.6 Å². The van der Waals surface area contributed by atoms with Crippen molar-refractivity contribution in [2.24, 2.45) is 0 Å². The van der Waals surface area contributed by atoms with Gasteiger partial charge in [-0.2, -0.15) is 0 Å². The van der Waals surface area contributed by atoms with Crippen molar-refractivity contribution >= 4 is 11.8 Å². The van der Waals surface area contributed by atoms with Crippen LogP contribution in [-0.2, 0) is 11.2 Å². The summed E-state index contributed by atoms with van der Waals surface area (Å²) in [6, 6.07) is 8.19. The van der Waals surface area contributed by atoms with Gasteiger partial charge in [0.05, 0.1) is 0 Å². The Labute approximate surface area is 144 Å². The molecule has 24 heavy (non-hydrogen) atoms. The van der Waals surface area contributed by atoms with Crippen LogP contribution < -0.4 is 5.32 Å². The Kier molecular flexibility index (Phi) is 5.51. The number of aryl methyl sites for hydroxylation is 1. The number of hydrogen-bond donors (Lipinski definition) is 1. The number of rotatable bonds is 4. The Morgan fingerprint density at radius 3 is 2.33 bits per heavy atom. The van der Waals surface area contributed by atoms with Crippen LogP contribution in [0.5, 0.6) is 0 Å². The Hall–Kier alpha value is -1.88. The Morgan fingerprint density at radius 1 is 1.08 bits per heavy atom. The van der Waals surface area contributed by atoms with Gasteiger partial charge in [-0.05, 0) is 43.5 Å². The molecule has 3 rings (SSSR count). The van der Waals surface area contributed by atoms with Crippen molar-refractivity contribution in [1.29, 1.82) is 0 Å². The van der Waals surface area contributed by atoms with Crippen molar-refractivity contribution in [1.82, 2.24) is 15.1 Å². The number of carbonyl (C=O) groups is 2. The molecule has 1 aromatic rings. The normalized spacial score (nSPS) is 21.1. The van der Waals surface area contributed by atoms with Crippen molar-refractivity contribution in [3.8, 4) is 0 Å². The fraction of sp³-hybridized carbons (Fsp3) is 0.579.